The molecule has 0 aliphatic carbocycles. The molecule has 0 saturated carbocycles. The predicted octanol–water partition coefficient (Wildman–Crippen LogP) is 2.09. The fraction of sp³-hybridized carbons (Fsp3) is 0.750. The maximum absolute atomic E-state index is 12.2. The van der Waals surface area contributed by atoms with Gasteiger partial charge >= 0.3 is 0 Å². The molecule has 0 bridgehead atoms. The second-order valence-electron chi connectivity index (χ2n) is 7.85. The number of likely N-dealkylation sites (tertiary alicyclic amines) is 1. The Morgan fingerprint density at radius 3 is 2.93 bits per heavy atom. The lowest BCUT2D eigenvalue weighted by atomic mass is 10.0. The van der Waals surface area contributed by atoms with Crippen molar-refractivity contribution in [3.63, 3.8) is 0 Å². The van der Waals surface area contributed by atoms with Crippen molar-refractivity contribution in [1.82, 2.24) is 20.0 Å². The molecule has 1 aromatic rings. The molecule has 1 N–H and O–H groups in total. The van der Waals surface area contributed by atoms with Gasteiger partial charge in [0.25, 0.3) is 0 Å². The molecule has 2 amide bonds. The summed E-state index contributed by atoms with van der Waals surface area (Å²) in [6, 6.07) is 2.62. The molecule has 150 valence electrons. The van der Waals surface area contributed by atoms with E-state index in [1.54, 1.807) is 4.90 Å². The zero-order valence-corrected chi connectivity index (χ0v) is 16.7. The molecule has 27 heavy (non-hydrogen) atoms. The minimum atomic E-state index is 0.0795. The zero-order chi connectivity index (χ0) is 19.2. The Morgan fingerprint density at radius 2 is 2.11 bits per heavy atom. The van der Waals surface area contributed by atoms with Crippen molar-refractivity contribution in [3.05, 3.63) is 11.8 Å². The summed E-state index contributed by atoms with van der Waals surface area (Å²) in [5.74, 6) is 1.06. The maximum Gasteiger partial charge on any atom is 0.229 e. The predicted molar refractivity (Wildman–Crippen MR) is 106 cm³/mol. The van der Waals surface area contributed by atoms with Crippen molar-refractivity contribution in [2.75, 3.05) is 31.1 Å². The Hall–Kier alpha value is -1.89. The Bertz CT molecular complexity index is 657. The van der Waals surface area contributed by atoms with E-state index in [2.05, 4.69) is 22.2 Å². The number of nitrogens with one attached hydrogen (secondary N) is 1. The normalized spacial score (nSPS) is 20.6. The average molecular weight is 376 g/mol. The molecule has 0 spiro atoms. The molecule has 1 saturated heterocycles. The van der Waals surface area contributed by atoms with Crippen LogP contribution in [0.15, 0.2) is 6.07 Å². The minimum Gasteiger partial charge on any atom is -0.356 e. The molecule has 3 heterocycles. The molecule has 2 aliphatic heterocycles. The Kier molecular flexibility index (Phi) is 6.88. The van der Waals surface area contributed by atoms with Crippen molar-refractivity contribution in [3.8, 4) is 0 Å². The lowest BCUT2D eigenvalue weighted by molar-refractivity contribution is -0.122. The number of carbonyl (C=O) groups excluding carboxylic acids is 2. The van der Waals surface area contributed by atoms with E-state index < -0.39 is 0 Å². The molecule has 1 fully saturated rings. The van der Waals surface area contributed by atoms with Gasteiger partial charge in [-0.15, -0.1) is 0 Å². The summed E-state index contributed by atoms with van der Waals surface area (Å²) in [7, 11) is 0. The van der Waals surface area contributed by atoms with Gasteiger partial charge in [0, 0.05) is 44.6 Å². The van der Waals surface area contributed by atoms with Crippen molar-refractivity contribution in [2.45, 2.75) is 71.4 Å². The van der Waals surface area contributed by atoms with Gasteiger partial charge in [0.2, 0.25) is 11.8 Å². The molecular weight excluding hydrogens is 342 g/mol. The number of piperidine rings is 1. The Labute approximate surface area is 162 Å². The second-order valence-corrected chi connectivity index (χ2v) is 7.85. The van der Waals surface area contributed by atoms with Crippen LogP contribution in [0.3, 0.4) is 0 Å². The largest absolute Gasteiger partial charge is 0.356 e. The molecule has 1 aromatic heterocycles. The van der Waals surface area contributed by atoms with Crippen LogP contribution in [0.25, 0.3) is 0 Å². The van der Waals surface area contributed by atoms with Crippen molar-refractivity contribution in [1.29, 1.82) is 0 Å². The Balaban J connectivity index is 1.33. The van der Waals surface area contributed by atoms with Crippen molar-refractivity contribution >= 4 is 17.6 Å². The van der Waals surface area contributed by atoms with Gasteiger partial charge in [0.1, 0.15) is 5.82 Å². The standard InChI is InChI=1S/C20H33N5O2/c1-16-15-19-24(20(27)9-14-25(19)22-16)13-5-8-18(26)21-10-6-12-23-11-4-3-7-17(23)2/h15,17H,3-14H2,1-2H3,(H,21,26). The van der Waals surface area contributed by atoms with E-state index >= 15 is 0 Å². The van der Waals surface area contributed by atoms with Gasteiger partial charge in [0.05, 0.1) is 12.2 Å². The number of hydrogen-bond acceptors (Lipinski definition) is 4. The van der Waals surface area contributed by atoms with Crippen LogP contribution in [0.2, 0.25) is 0 Å². The first-order valence-corrected chi connectivity index (χ1v) is 10.4. The summed E-state index contributed by atoms with van der Waals surface area (Å²) in [5, 5.41) is 7.43. The van der Waals surface area contributed by atoms with Crippen LogP contribution in [0, 0.1) is 6.92 Å². The van der Waals surface area contributed by atoms with Crippen molar-refractivity contribution in [2.24, 2.45) is 0 Å². The lowest BCUT2D eigenvalue weighted by Crippen LogP contribution is -2.39. The van der Waals surface area contributed by atoms with Crippen LogP contribution < -0.4 is 10.2 Å². The third kappa shape index (κ3) is 5.31. The number of nitrogens with zero attached hydrogens (tertiary/aromatic N) is 4. The number of aryl methyl sites for hydroxylation is 2. The zero-order valence-electron chi connectivity index (χ0n) is 16.7. The van der Waals surface area contributed by atoms with E-state index in [4.69, 9.17) is 0 Å². The number of hydrogen-bond donors (Lipinski definition) is 1. The summed E-state index contributed by atoms with van der Waals surface area (Å²) < 4.78 is 1.89. The third-order valence-electron chi connectivity index (χ3n) is 5.67. The average Bonchev–Trinajstić information content (AvgIpc) is 3.02. The summed E-state index contributed by atoms with van der Waals surface area (Å²) in [5.41, 5.74) is 0.922. The highest BCUT2D eigenvalue weighted by Crippen LogP contribution is 2.22. The quantitative estimate of drug-likeness (QED) is 0.707. The number of amides is 2. The highest BCUT2D eigenvalue weighted by atomic mass is 16.2. The van der Waals surface area contributed by atoms with Gasteiger partial charge < -0.3 is 10.2 Å². The van der Waals surface area contributed by atoms with Gasteiger partial charge in [-0.3, -0.25) is 14.5 Å². The van der Waals surface area contributed by atoms with Gasteiger partial charge in [-0.25, -0.2) is 4.68 Å². The van der Waals surface area contributed by atoms with E-state index in [1.165, 1.54) is 25.8 Å². The first kappa shape index (κ1) is 19.9. The van der Waals surface area contributed by atoms with Crippen LogP contribution >= 0.6 is 0 Å². The van der Waals surface area contributed by atoms with Crippen LogP contribution in [0.4, 0.5) is 5.82 Å². The fourth-order valence-corrected chi connectivity index (χ4v) is 4.10. The van der Waals surface area contributed by atoms with Crippen LogP contribution in [0.5, 0.6) is 0 Å². The molecule has 7 nitrogen and oxygen atoms in total. The number of carbonyl (C=O) groups is 2. The first-order valence-electron chi connectivity index (χ1n) is 10.4. The molecule has 1 unspecified atom stereocenters. The van der Waals surface area contributed by atoms with Gasteiger partial charge in [0.15, 0.2) is 0 Å². The van der Waals surface area contributed by atoms with E-state index in [9.17, 15) is 9.59 Å². The van der Waals surface area contributed by atoms with Gasteiger partial charge in [-0.05, 0) is 46.1 Å². The third-order valence-corrected chi connectivity index (χ3v) is 5.67. The number of anilines is 1. The topological polar surface area (TPSA) is 70.5 Å². The van der Waals surface area contributed by atoms with Crippen LogP contribution in [-0.4, -0.2) is 58.7 Å². The van der Waals surface area contributed by atoms with E-state index in [0.717, 1.165) is 31.0 Å². The molecule has 7 heteroatoms. The van der Waals surface area contributed by atoms with Crippen LogP contribution in [0.1, 0.15) is 57.6 Å². The van der Waals surface area contributed by atoms with Crippen LogP contribution in [-0.2, 0) is 16.1 Å². The number of fused-ring (bicyclic) bond motifs is 1. The second kappa shape index (κ2) is 9.35. The monoisotopic (exact) mass is 375 g/mol. The molecule has 0 aromatic carbocycles. The molecular formula is C20H33N5O2. The maximum atomic E-state index is 12.2. The smallest absolute Gasteiger partial charge is 0.229 e. The fourth-order valence-electron chi connectivity index (χ4n) is 4.10. The van der Waals surface area contributed by atoms with Gasteiger partial charge in [-0.1, -0.05) is 6.42 Å². The van der Waals surface area contributed by atoms with Crippen molar-refractivity contribution < 1.29 is 9.59 Å². The summed E-state index contributed by atoms with van der Waals surface area (Å²) >= 11 is 0. The summed E-state index contributed by atoms with van der Waals surface area (Å²) in [6.45, 7) is 8.44. The highest BCUT2D eigenvalue weighted by molar-refractivity contribution is 5.93. The SMILES string of the molecule is Cc1cc2n(n1)CCC(=O)N2CCCC(=O)NCCCN1CCCCC1C. The molecule has 2 aliphatic rings. The first-order chi connectivity index (χ1) is 13.0. The number of aromatic nitrogens is 2. The molecule has 3 rings (SSSR count). The van der Waals surface area contributed by atoms with E-state index in [1.807, 2.05) is 17.7 Å². The lowest BCUT2D eigenvalue weighted by Gasteiger charge is -2.33. The summed E-state index contributed by atoms with van der Waals surface area (Å²) in [4.78, 5) is 28.6. The highest BCUT2D eigenvalue weighted by Gasteiger charge is 2.25. The van der Waals surface area contributed by atoms with Gasteiger partial charge in [-0.2, -0.15) is 5.10 Å². The molecule has 0 radical (unpaired) electrons. The Morgan fingerprint density at radius 1 is 1.26 bits per heavy atom. The van der Waals surface area contributed by atoms with E-state index in [0.29, 0.717) is 38.4 Å². The number of rotatable bonds is 8. The van der Waals surface area contributed by atoms with E-state index in [-0.39, 0.29) is 11.8 Å². The minimum absolute atomic E-state index is 0.0795. The molecule has 1 atom stereocenters. The summed E-state index contributed by atoms with van der Waals surface area (Å²) in [6.07, 6.45) is 6.54.